The number of benzene rings is 1. The normalized spacial score (nSPS) is 26.1. The standard InChI is InChI=1S/C16H23NS/c1-3-14(13-6-9-18-10-7-13)11-15(4-1)16-5-2-8-17-12-16/h1,3-4,11,13,16-17H,2,5-10,12H2. The molecule has 1 atom stereocenters. The lowest BCUT2D eigenvalue weighted by Gasteiger charge is -2.26. The van der Waals surface area contributed by atoms with Crippen LogP contribution in [-0.4, -0.2) is 24.6 Å². The van der Waals surface area contributed by atoms with Crippen LogP contribution in [0.2, 0.25) is 0 Å². The van der Waals surface area contributed by atoms with Gasteiger partial charge in [-0.05, 0) is 66.7 Å². The molecule has 1 unspecified atom stereocenters. The minimum Gasteiger partial charge on any atom is -0.316 e. The molecule has 2 saturated heterocycles. The highest BCUT2D eigenvalue weighted by molar-refractivity contribution is 7.99. The first-order chi connectivity index (χ1) is 8.93. The third kappa shape index (κ3) is 2.92. The van der Waals surface area contributed by atoms with Gasteiger partial charge in [-0.2, -0.15) is 11.8 Å². The summed E-state index contributed by atoms with van der Waals surface area (Å²) in [6.07, 6.45) is 5.43. The van der Waals surface area contributed by atoms with Crippen molar-refractivity contribution in [2.45, 2.75) is 37.5 Å². The largest absolute Gasteiger partial charge is 0.316 e. The summed E-state index contributed by atoms with van der Waals surface area (Å²) in [6.45, 7) is 2.38. The van der Waals surface area contributed by atoms with Crippen LogP contribution in [0.3, 0.4) is 0 Å². The van der Waals surface area contributed by atoms with Gasteiger partial charge in [0.15, 0.2) is 0 Å². The zero-order valence-corrected chi connectivity index (χ0v) is 11.8. The van der Waals surface area contributed by atoms with Gasteiger partial charge in [-0.15, -0.1) is 0 Å². The van der Waals surface area contributed by atoms with Gasteiger partial charge in [0.2, 0.25) is 0 Å². The van der Waals surface area contributed by atoms with Crippen molar-refractivity contribution in [1.82, 2.24) is 5.32 Å². The smallest absolute Gasteiger partial charge is 0.00201 e. The van der Waals surface area contributed by atoms with Crippen molar-refractivity contribution in [2.75, 3.05) is 24.6 Å². The molecule has 0 spiro atoms. The van der Waals surface area contributed by atoms with Crippen LogP contribution >= 0.6 is 11.8 Å². The monoisotopic (exact) mass is 261 g/mol. The van der Waals surface area contributed by atoms with Gasteiger partial charge in [-0.1, -0.05) is 24.3 Å². The summed E-state index contributed by atoms with van der Waals surface area (Å²) in [5, 5.41) is 3.53. The van der Waals surface area contributed by atoms with Crippen LogP contribution in [0.1, 0.15) is 48.6 Å². The molecule has 1 N–H and O–H groups in total. The summed E-state index contributed by atoms with van der Waals surface area (Å²) in [5.41, 5.74) is 3.16. The number of thioether (sulfide) groups is 1. The zero-order chi connectivity index (χ0) is 12.2. The molecular formula is C16H23NS. The lowest BCUT2D eigenvalue weighted by molar-refractivity contribution is 0.461. The molecule has 2 heteroatoms. The highest BCUT2D eigenvalue weighted by Gasteiger charge is 2.19. The molecule has 3 rings (SSSR count). The molecule has 2 heterocycles. The Bertz CT molecular complexity index is 345. The Morgan fingerprint density at radius 1 is 1.00 bits per heavy atom. The minimum atomic E-state index is 0.747. The number of hydrogen-bond acceptors (Lipinski definition) is 2. The second kappa shape index (κ2) is 6.12. The maximum atomic E-state index is 3.53. The molecule has 2 aliphatic rings. The van der Waals surface area contributed by atoms with E-state index in [9.17, 15) is 0 Å². The van der Waals surface area contributed by atoms with Gasteiger partial charge in [-0.3, -0.25) is 0 Å². The van der Waals surface area contributed by atoms with E-state index in [-0.39, 0.29) is 0 Å². The minimum absolute atomic E-state index is 0.747. The molecule has 0 bridgehead atoms. The van der Waals surface area contributed by atoms with Gasteiger partial charge in [-0.25, -0.2) is 0 Å². The Balaban J connectivity index is 1.75. The van der Waals surface area contributed by atoms with Crippen molar-refractivity contribution in [3.8, 4) is 0 Å². The number of nitrogens with one attached hydrogen (secondary N) is 1. The van der Waals surface area contributed by atoms with E-state index in [2.05, 4.69) is 41.3 Å². The van der Waals surface area contributed by atoms with E-state index in [1.54, 1.807) is 11.1 Å². The molecule has 18 heavy (non-hydrogen) atoms. The molecule has 0 aromatic heterocycles. The zero-order valence-electron chi connectivity index (χ0n) is 11.0. The summed E-state index contributed by atoms with van der Waals surface area (Å²) in [7, 11) is 0. The first-order valence-corrected chi connectivity index (χ1v) is 8.47. The van der Waals surface area contributed by atoms with Crippen molar-refractivity contribution in [2.24, 2.45) is 0 Å². The van der Waals surface area contributed by atoms with Crippen molar-refractivity contribution in [3.63, 3.8) is 0 Å². The van der Waals surface area contributed by atoms with Crippen LogP contribution < -0.4 is 5.32 Å². The van der Waals surface area contributed by atoms with Gasteiger partial charge in [0.1, 0.15) is 0 Å². The van der Waals surface area contributed by atoms with Gasteiger partial charge in [0.05, 0.1) is 0 Å². The molecule has 0 radical (unpaired) electrons. The fourth-order valence-corrected chi connectivity index (χ4v) is 4.34. The number of piperidine rings is 1. The average Bonchev–Trinajstić information content (AvgIpc) is 2.49. The third-order valence-electron chi connectivity index (χ3n) is 4.37. The predicted molar refractivity (Wildman–Crippen MR) is 80.6 cm³/mol. The Kier molecular flexibility index (Phi) is 4.27. The number of hydrogen-bond donors (Lipinski definition) is 1. The highest BCUT2D eigenvalue weighted by Crippen LogP contribution is 2.33. The van der Waals surface area contributed by atoms with Crippen LogP contribution in [0.4, 0.5) is 0 Å². The maximum Gasteiger partial charge on any atom is 0.00201 e. The van der Waals surface area contributed by atoms with E-state index in [4.69, 9.17) is 0 Å². The van der Waals surface area contributed by atoms with Crippen molar-refractivity contribution in [3.05, 3.63) is 35.4 Å². The molecule has 1 aromatic rings. The van der Waals surface area contributed by atoms with E-state index >= 15 is 0 Å². The Morgan fingerprint density at radius 3 is 2.50 bits per heavy atom. The molecule has 1 aromatic carbocycles. The van der Waals surface area contributed by atoms with E-state index in [1.165, 1.54) is 50.3 Å². The first-order valence-electron chi connectivity index (χ1n) is 7.32. The highest BCUT2D eigenvalue weighted by atomic mass is 32.2. The summed E-state index contributed by atoms with van der Waals surface area (Å²) >= 11 is 2.12. The van der Waals surface area contributed by atoms with Crippen LogP contribution in [0, 0.1) is 0 Å². The van der Waals surface area contributed by atoms with Crippen molar-refractivity contribution < 1.29 is 0 Å². The third-order valence-corrected chi connectivity index (χ3v) is 5.42. The topological polar surface area (TPSA) is 12.0 Å². The Labute approximate surface area is 115 Å². The Hall–Kier alpha value is -0.470. The molecule has 0 saturated carbocycles. The van der Waals surface area contributed by atoms with Gasteiger partial charge in [0, 0.05) is 6.54 Å². The molecule has 2 aliphatic heterocycles. The lowest BCUT2D eigenvalue weighted by atomic mass is 9.87. The molecule has 98 valence electrons. The summed E-state index contributed by atoms with van der Waals surface area (Å²) in [4.78, 5) is 0. The van der Waals surface area contributed by atoms with E-state index < -0.39 is 0 Å². The van der Waals surface area contributed by atoms with Crippen LogP contribution in [0.15, 0.2) is 24.3 Å². The maximum absolute atomic E-state index is 3.53. The fourth-order valence-electron chi connectivity index (χ4n) is 3.23. The van der Waals surface area contributed by atoms with E-state index in [0.717, 1.165) is 11.8 Å². The van der Waals surface area contributed by atoms with Crippen LogP contribution in [0.25, 0.3) is 0 Å². The second-order valence-electron chi connectivity index (χ2n) is 5.60. The van der Waals surface area contributed by atoms with E-state index in [1.807, 2.05) is 0 Å². The van der Waals surface area contributed by atoms with Gasteiger partial charge in [0.25, 0.3) is 0 Å². The average molecular weight is 261 g/mol. The summed E-state index contributed by atoms with van der Waals surface area (Å²) in [5.74, 6) is 4.26. The van der Waals surface area contributed by atoms with Crippen molar-refractivity contribution in [1.29, 1.82) is 0 Å². The van der Waals surface area contributed by atoms with E-state index in [0.29, 0.717) is 0 Å². The molecular weight excluding hydrogens is 238 g/mol. The summed E-state index contributed by atoms with van der Waals surface area (Å²) in [6, 6.07) is 9.46. The predicted octanol–water partition coefficient (Wildman–Crippen LogP) is 3.76. The first kappa shape index (κ1) is 12.6. The van der Waals surface area contributed by atoms with Crippen LogP contribution in [0.5, 0.6) is 0 Å². The second-order valence-corrected chi connectivity index (χ2v) is 6.82. The van der Waals surface area contributed by atoms with Crippen molar-refractivity contribution >= 4 is 11.8 Å². The molecule has 1 nitrogen and oxygen atoms in total. The summed E-state index contributed by atoms with van der Waals surface area (Å²) < 4.78 is 0. The van der Waals surface area contributed by atoms with Gasteiger partial charge >= 0.3 is 0 Å². The fraction of sp³-hybridized carbons (Fsp3) is 0.625. The quantitative estimate of drug-likeness (QED) is 0.870. The molecule has 0 aliphatic carbocycles. The molecule has 0 amide bonds. The SMILES string of the molecule is c1cc(C2CCSCC2)cc(C2CCCNC2)c1. The van der Waals surface area contributed by atoms with Gasteiger partial charge < -0.3 is 5.32 Å². The molecule has 2 fully saturated rings. The lowest BCUT2D eigenvalue weighted by Crippen LogP contribution is -2.28. The number of rotatable bonds is 2. The van der Waals surface area contributed by atoms with Crippen LogP contribution in [-0.2, 0) is 0 Å². The Morgan fingerprint density at radius 2 is 1.78 bits per heavy atom.